The summed E-state index contributed by atoms with van der Waals surface area (Å²) >= 11 is 0. The second-order valence-electron chi connectivity index (χ2n) is 5.69. The van der Waals surface area contributed by atoms with Crippen molar-refractivity contribution in [1.82, 2.24) is 0 Å². The highest BCUT2D eigenvalue weighted by Crippen LogP contribution is 2.07. The maximum atomic E-state index is 10.3. The van der Waals surface area contributed by atoms with E-state index in [4.69, 9.17) is 30.6 Å². The number of aromatic carboxylic acids is 2. The van der Waals surface area contributed by atoms with Gasteiger partial charge in [0.1, 0.15) is 0 Å². The molecule has 0 amide bonds. The number of carbonyl (C=O) groups is 4. The Morgan fingerprint density at radius 3 is 1.03 bits per heavy atom. The van der Waals surface area contributed by atoms with Gasteiger partial charge in [-0.3, -0.25) is 9.59 Å². The lowest BCUT2D eigenvalue weighted by molar-refractivity contribution is -0.138. The van der Waals surface area contributed by atoms with Gasteiger partial charge in [-0.15, -0.1) is 0 Å². The van der Waals surface area contributed by atoms with E-state index < -0.39 is 23.9 Å². The predicted molar refractivity (Wildman–Crippen MR) is 102 cm³/mol. The van der Waals surface area contributed by atoms with Crippen LogP contribution in [0.25, 0.3) is 0 Å². The van der Waals surface area contributed by atoms with Gasteiger partial charge in [0, 0.05) is 12.8 Å². The van der Waals surface area contributed by atoms with Crippen molar-refractivity contribution in [1.29, 1.82) is 0 Å². The minimum atomic E-state index is -1.06. The number of unbranched alkanes of at least 4 members (excludes halogenated alkanes) is 4. The average Bonchev–Trinajstić information content (AvgIpc) is 2.67. The largest absolute Gasteiger partial charge is 0.481 e. The SMILES string of the molecule is O=C(O)CCCCCCCC(=O)O.O=C(O)c1ccc(C(=O)O)cc1.OCCO. The first-order valence-corrected chi connectivity index (χ1v) is 8.87. The Bertz CT molecular complexity index is 557. The summed E-state index contributed by atoms with van der Waals surface area (Å²) in [6.07, 6.45) is 4.53. The van der Waals surface area contributed by atoms with Gasteiger partial charge in [0.15, 0.2) is 0 Å². The minimum absolute atomic E-state index is 0.0833. The fourth-order valence-corrected chi connectivity index (χ4v) is 1.84. The van der Waals surface area contributed by atoms with Gasteiger partial charge in [-0.25, -0.2) is 9.59 Å². The van der Waals surface area contributed by atoms with Crippen molar-refractivity contribution in [3.05, 3.63) is 35.4 Å². The fourth-order valence-electron chi connectivity index (χ4n) is 1.84. The van der Waals surface area contributed by atoms with Crippen LogP contribution in [0.2, 0.25) is 0 Å². The second-order valence-corrected chi connectivity index (χ2v) is 5.69. The molecule has 0 aromatic heterocycles. The third-order valence-corrected chi connectivity index (χ3v) is 3.26. The van der Waals surface area contributed by atoms with Crippen LogP contribution < -0.4 is 0 Å². The van der Waals surface area contributed by atoms with Crippen LogP contribution >= 0.6 is 0 Å². The molecule has 0 spiro atoms. The van der Waals surface area contributed by atoms with Crippen LogP contribution in [0.3, 0.4) is 0 Å². The molecule has 0 aliphatic heterocycles. The van der Waals surface area contributed by atoms with E-state index in [9.17, 15) is 19.2 Å². The molecule has 1 rings (SSSR count). The summed E-state index contributed by atoms with van der Waals surface area (Å²) in [6, 6.07) is 5.02. The van der Waals surface area contributed by atoms with Gasteiger partial charge in [-0.1, -0.05) is 19.3 Å². The molecule has 10 heteroatoms. The van der Waals surface area contributed by atoms with Gasteiger partial charge in [0.05, 0.1) is 24.3 Å². The summed E-state index contributed by atoms with van der Waals surface area (Å²) in [5, 5.41) is 48.8. The van der Waals surface area contributed by atoms with Gasteiger partial charge in [0.25, 0.3) is 0 Å². The smallest absolute Gasteiger partial charge is 0.335 e. The van der Waals surface area contributed by atoms with Crippen molar-refractivity contribution >= 4 is 23.9 Å². The molecule has 0 aliphatic rings. The number of rotatable bonds is 11. The van der Waals surface area contributed by atoms with Crippen LogP contribution in [-0.4, -0.2) is 67.7 Å². The molecule has 164 valence electrons. The molecule has 0 fully saturated rings. The van der Waals surface area contributed by atoms with E-state index in [1.165, 1.54) is 24.3 Å². The maximum Gasteiger partial charge on any atom is 0.335 e. The fraction of sp³-hybridized carbons (Fsp3) is 0.474. The lowest BCUT2D eigenvalue weighted by Gasteiger charge is -1.97. The number of benzene rings is 1. The third-order valence-electron chi connectivity index (χ3n) is 3.26. The van der Waals surface area contributed by atoms with Gasteiger partial charge >= 0.3 is 23.9 Å². The Morgan fingerprint density at radius 2 is 0.828 bits per heavy atom. The van der Waals surface area contributed by atoms with Crippen LogP contribution in [0.5, 0.6) is 0 Å². The van der Waals surface area contributed by atoms with E-state index >= 15 is 0 Å². The topological polar surface area (TPSA) is 190 Å². The first kappa shape index (κ1) is 28.2. The van der Waals surface area contributed by atoms with E-state index in [1.54, 1.807) is 0 Å². The first-order valence-electron chi connectivity index (χ1n) is 8.87. The van der Waals surface area contributed by atoms with Gasteiger partial charge in [-0.05, 0) is 37.1 Å². The summed E-state index contributed by atoms with van der Waals surface area (Å²) in [5.41, 5.74) is 0.167. The Balaban J connectivity index is 0. The summed E-state index contributed by atoms with van der Waals surface area (Å²) in [5.74, 6) is -3.64. The summed E-state index contributed by atoms with van der Waals surface area (Å²) in [7, 11) is 0. The number of carboxylic acid groups (broad SMARTS) is 4. The molecule has 0 bridgehead atoms. The van der Waals surface area contributed by atoms with E-state index in [0.29, 0.717) is 12.8 Å². The zero-order valence-electron chi connectivity index (χ0n) is 16.0. The van der Waals surface area contributed by atoms with E-state index in [2.05, 4.69) is 0 Å². The van der Waals surface area contributed by atoms with Crippen molar-refractivity contribution in [2.24, 2.45) is 0 Å². The van der Waals surface area contributed by atoms with Crippen LogP contribution in [-0.2, 0) is 9.59 Å². The summed E-state index contributed by atoms with van der Waals surface area (Å²) in [4.78, 5) is 40.9. The highest BCUT2D eigenvalue weighted by Gasteiger charge is 2.04. The maximum absolute atomic E-state index is 10.3. The molecular weight excluding hydrogens is 388 g/mol. The summed E-state index contributed by atoms with van der Waals surface area (Å²) < 4.78 is 0. The van der Waals surface area contributed by atoms with Crippen molar-refractivity contribution in [2.75, 3.05) is 13.2 Å². The lowest BCUT2D eigenvalue weighted by atomic mass is 10.1. The van der Waals surface area contributed by atoms with Crippen LogP contribution in [0, 0.1) is 0 Å². The zero-order chi connectivity index (χ0) is 22.7. The van der Waals surface area contributed by atoms with Crippen molar-refractivity contribution in [3.8, 4) is 0 Å². The van der Waals surface area contributed by atoms with Gasteiger partial charge in [0.2, 0.25) is 0 Å². The monoisotopic (exact) mass is 416 g/mol. The molecule has 1 aromatic rings. The van der Waals surface area contributed by atoms with Crippen LogP contribution in [0.15, 0.2) is 24.3 Å². The highest BCUT2D eigenvalue weighted by molar-refractivity contribution is 5.91. The van der Waals surface area contributed by atoms with E-state index in [1.807, 2.05) is 0 Å². The second kappa shape index (κ2) is 18.4. The number of aliphatic carboxylic acids is 2. The number of carboxylic acids is 4. The van der Waals surface area contributed by atoms with Crippen LogP contribution in [0.4, 0.5) is 0 Å². The molecular formula is C19H28O10. The Hall–Kier alpha value is -2.98. The molecule has 0 heterocycles. The Kier molecular flexibility index (Phi) is 17.9. The molecule has 0 unspecified atom stereocenters. The van der Waals surface area contributed by atoms with Crippen LogP contribution in [0.1, 0.15) is 65.7 Å². The van der Waals surface area contributed by atoms with Crippen molar-refractivity contribution < 1.29 is 49.8 Å². The first-order chi connectivity index (χ1) is 13.6. The molecule has 1 aromatic carbocycles. The zero-order valence-corrected chi connectivity index (χ0v) is 16.0. The average molecular weight is 416 g/mol. The number of hydrogen-bond acceptors (Lipinski definition) is 6. The minimum Gasteiger partial charge on any atom is -0.481 e. The molecule has 0 radical (unpaired) electrons. The predicted octanol–water partition coefficient (Wildman–Crippen LogP) is 1.94. The van der Waals surface area contributed by atoms with E-state index in [0.717, 1.165) is 19.3 Å². The molecule has 0 atom stereocenters. The van der Waals surface area contributed by atoms with Crippen molar-refractivity contribution in [3.63, 3.8) is 0 Å². The van der Waals surface area contributed by atoms with Crippen molar-refractivity contribution in [2.45, 2.75) is 44.9 Å². The third kappa shape index (κ3) is 19.6. The highest BCUT2D eigenvalue weighted by atomic mass is 16.4. The molecule has 0 saturated carbocycles. The normalized spacial score (nSPS) is 9.31. The molecule has 10 nitrogen and oxygen atoms in total. The molecule has 0 saturated heterocycles. The molecule has 6 N–H and O–H groups in total. The standard InChI is InChI=1S/C9H16O4.C8H6O4.C2H6O2/c10-8(11)6-4-2-1-3-5-7-9(12)13;9-7(10)5-1-2-6(4-3-5)8(11)12;3-1-2-4/h1-7H2,(H,10,11)(H,12,13);1-4H,(H,9,10)(H,11,12);3-4H,1-2H2. The van der Waals surface area contributed by atoms with E-state index in [-0.39, 0.29) is 37.2 Å². The number of aliphatic hydroxyl groups is 2. The molecule has 0 aliphatic carbocycles. The lowest BCUT2D eigenvalue weighted by Crippen LogP contribution is -1.99. The molecule has 29 heavy (non-hydrogen) atoms. The Morgan fingerprint density at radius 1 is 0.552 bits per heavy atom. The number of hydrogen-bond donors (Lipinski definition) is 6. The summed E-state index contributed by atoms with van der Waals surface area (Å²) in [6.45, 7) is -0.250. The number of aliphatic hydroxyl groups excluding tert-OH is 2. The van der Waals surface area contributed by atoms with Gasteiger partial charge < -0.3 is 30.6 Å². The Labute approximate surface area is 168 Å². The quantitative estimate of drug-likeness (QED) is 0.291. The van der Waals surface area contributed by atoms with Gasteiger partial charge in [-0.2, -0.15) is 0 Å².